The topological polar surface area (TPSA) is 79.9 Å². The molecule has 0 spiro atoms. The fraction of sp³-hybridized carbons (Fsp3) is 0.556. The number of urea groups is 1. The summed E-state index contributed by atoms with van der Waals surface area (Å²) in [4.78, 5) is 25.7. The lowest BCUT2D eigenvalue weighted by Gasteiger charge is -2.24. The zero-order valence-corrected chi connectivity index (χ0v) is 15.9. The third-order valence-electron chi connectivity index (χ3n) is 3.66. The largest absolute Gasteiger partial charge is 0.493 e. The predicted molar refractivity (Wildman–Crippen MR) is 96.9 cm³/mol. The van der Waals surface area contributed by atoms with Crippen LogP contribution in [0.1, 0.15) is 33.3 Å². The van der Waals surface area contributed by atoms with E-state index >= 15 is 0 Å². The summed E-state index contributed by atoms with van der Waals surface area (Å²) in [5.41, 5.74) is 0.981. The number of amides is 3. The highest BCUT2D eigenvalue weighted by Gasteiger charge is 2.20. The molecule has 0 radical (unpaired) electrons. The van der Waals surface area contributed by atoms with Crippen molar-refractivity contribution in [3.63, 3.8) is 0 Å². The molecular weight excluding hydrogens is 322 g/mol. The van der Waals surface area contributed by atoms with Crippen LogP contribution in [0.5, 0.6) is 11.5 Å². The number of hydrogen-bond donors (Lipinski definition) is 2. The Balaban J connectivity index is 2.69. The van der Waals surface area contributed by atoms with Crippen LogP contribution in [-0.2, 0) is 11.3 Å². The molecule has 2 N–H and O–H groups in total. The molecule has 1 atom stereocenters. The van der Waals surface area contributed by atoms with E-state index in [4.69, 9.17) is 9.47 Å². The molecule has 0 aliphatic rings. The van der Waals surface area contributed by atoms with Crippen LogP contribution < -0.4 is 20.1 Å². The van der Waals surface area contributed by atoms with Gasteiger partial charge in [-0.2, -0.15) is 0 Å². The Kier molecular flexibility index (Phi) is 8.21. The Hall–Kier alpha value is -2.28. The van der Waals surface area contributed by atoms with Gasteiger partial charge in [-0.15, -0.1) is 0 Å². The first-order valence-electron chi connectivity index (χ1n) is 8.39. The minimum atomic E-state index is -0.483. The fourth-order valence-electron chi connectivity index (χ4n) is 2.22. The van der Waals surface area contributed by atoms with Gasteiger partial charge in [0.25, 0.3) is 0 Å². The molecule has 25 heavy (non-hydrogen) atoms. The molecule has 1 aromatic carbocycles. The van der Waals surface area contributed by atoms with E-state index in [0.717, 1.165) is 5.56 Å². The molecule has 0 bridgehead atoms. The summed E-state index contributed by atoms with van der Waals surface area (Å²) in [7, 11) is 3.42. The zero-order chi connectivity index (χ0) is 19.0. The number of nitrogens with one attached hydrogen (secondary N) is 2. The molecule has 0 saturated heterocycles. The Labute approximate surface area is 149 Å². The number of carbonyl (C=O) groups excluding carboxylic acids is 2. The van der Waals surface area contributed by atoms with Gasteiger partial charge in [0.1, 0.15) is 0 Å². The number of rotatable bonds is 8. The molecule has 0 aliphatic heterocycles. The van der Waals surface area contributed by atoms with Gasteiger partial charge in [-0.25, -0.2) is 4.79 Å². The van der Waals surface area contributed by atoms with Crippen LogP contribution in [0, 0.1) is 0 Å². The molecule has 1 aromatic rings. The highest BCUT2D eigenvalue weighted by Crippen LogP contribution is 2.28. The summed E-state index contributed by atoms with van der Waals surface area (Å²) >= 11 is 0. The van der Waals surface area contributed by atoms with E-state index in [1.54, 1.807) is 14.0 Å². The van der Waals surface area contributed by atoms with E-state index < -0.39 is 12.1 Å². The second-order valence-electron chi connectivity index (χ2n) is 6.13. The van der Waals surface area contributed by atoms with Crippen molar-refractivity contribution < 1.29 is 19.1 Å². The lowest BCUT2D eigenvalue weighted by Crippen LogP contribution is -2.49. The Bertz CT molecular complexity index is 590. The summed E-state index contributed by atoms with van der Waals surface area (Å²) in [5.74, 6) is 0.993. The van der Waals surface area contributed by atoms with E-state index in [0.29, 0.717) is 24.7 Å². The van der Waals surface area contributed by atoms with Crippen LogP contribution in [0.15, 0.2) is 18.2 Å². The second-order valence-corrected chi connectivity index (χ2v) is 6.13. The number of imide groups is 1. The highest BCUT2D eigenvalue weighted by molar-refractivity contribution is 5.96. The van der Waals surface area contributed by atoms with Crippen molar-refractivity contribution in [3.8, 4) is 11.5 Å². The number of methoxy groups -OCH3 is 1. The van der Waals surface area contributed by atoms with E-state index in [9.17, 15) is 9.59 Å². The molecular formula is C18H29N3O4. The smallest absolute Gasteiger partial charge is 0.321 e. The van der Waals surface area contributed by atoms with Crippen LogP contribution >= 0.6 is 0 Å². The Morgan fingerprint density at radius 2 is 1.88 bits per heavy atom. The highest BCUT2D eigenvalue weighted by atomic mass is 16.5. The number of likely N-dealkylation sites (N-methyl/N-ethyl adjacent to an activating group) is 1. The summed E-state index contributed by atoms with van der Waals surface area (Å²) < 4.78 is 10.8. The number of hydrogen-bond acceptors (Lipinski definition) is 5. The van der Waals surface area contributed by atoms with Crippen LogP contribution in [0.25, 0.3) is 0 Å². The van der Waals surface area contributed by atoms with E-state index in [-0.39, 0.29) is 11.9 Å². The minimum absolute atomic E-state index is 0.0304. The molecule has 0 fully saturated rings. The van der Waals surface area contributed by atoms with Crippen molar-refractivity contribution in [1.82, 2.24) is 15.5 Å². The van der Waals surface area contributed by atoms with E-state index in [2.05, 4.69) is 10.6 Å². The quantitative estimate of drug-likeness (QED) is 0.750. The van der Waals surface area contributed by atoms with E-state index in [1.165, 1.54) is 0 Å². The van der Waals surface area contributed by atoms with Gasteiger partial charge in [0.15, 0.2) is 11.5 Å². The predicted octanol–water partition coefficient (Wildman–Crippen LogP) is 2.15. The van der Waals surface area contributed by atoms with Crippen molar-refractivity contribution in [2.45, 2.75) is 46.3 Å². The van der Waals surface area contributed by atoms with Gasteiger partial charge >= 0.3 is 6.03 Å². The maximum atomic E-state index is 12.2. The lowest BCUT2D eigenvalue weighted by atomic mass is 10.1. The van der Waals surface area contributed by atoms with Crippen LogP contribution in [-0.4, -0.2) is 49.7 Å². The minimum Gasteiger partial charge on any atom is -0.493 e. The third-order valence-corrected chi connectivity index (χ3v) is 3.66. The van der Waals surface area contributed by atoms with Crippen molar-refractivity contribution >= 4 is 11.9 Å². The summed E-state index contributed by atoms with van der Waals surface area (Å²) in [5, 5.41) is 4.98. The standard InChI is InChI=1S/C18H29N3O4/c1-7-25-15-9-8-14(10-16(15)24-6)11-21(5)13(4)17(22)20-18(23)19-12(2)3/h8-10,12-13H,7,11H2,1-6H3,(H2,19,20,22,23)/t13-/m0/s1. The summed E-state index contributed by atoms with van der Waals surface area (Å²) in [6, 6.07) is 4.69. The fourth-order valence-corrected chi connectivity index (χ4v) is 2.22. The van der Waals surface area contributed by atoms with Crippen molar-refractivity contribution in [1.29, 1.82) is 0 Å². The van der Waals surface area contributed by atoms with Gasteiger partial charge < -0.3 is 14.8 Å². The Morgan fingerprint density at radius 1 is 1.20 bits per heavy atom. The monoisotopic (exact) mass is 351 g/mol. The van der Waals surface area contributed by atoms with Crippen molar-refractivity contribution in [3.05, 3.63) is 23.8 Å². The van der Waals surface area contributed by atoms with Gasteiger partial charge in [-0.05, 0) is 52.4 Å². The molecule has 3 amide bonds. The molecule has 1 rings (SSSR count). The average Bonchev–Trinajstić information content (AvgIpc) is 2.54. The Morgan fingerprint density at radius 3 is 2.44 bits per heavy atom. The van der Waals surface area contributed by atoms with Gasteiger partial charge in [-0.1, -0.05) is 6.07 Å². The number of nitrogens with zero attached hydrogens (tertiary/aromatic N) is 1. The molecule has 0 heterocycles. The van der Waals surface area contributed by atoms with Crippen LogP contribution in [0.2, 0.25) is 0 Å². The van der Waals surface area contributed by atoms with Crippen LogP contribution in [0.3, 0.4) is 0 Å². The van der Waals surface area contributed by atoms with Crippen LogP contribution in [0.4, 0.5) is 4.79 Å². The summed E-state index contributed by atoms with van der Waals surface area (Å²) in [6.07, 6.45) is 0. The number of carbonyl (C=O) groups is 2. The first kappa shape index (κ1) is 20.8. The summed E-state index contributed by atoms with van der Waals surface area (Å²) in [6.45, 7) is 8.42. The normalized spacial score (nSPS) is 12.0. The molecule has 7 nitrogen and oxygen atoms in total. The lowest BCUT2D eigenvalue weighted by molar-refractivity contribution is -0.124. The van der Waals surface area contributed by atoms with E-state index in [1.807, 2.05) is 50.9 Å². The SMILES string of the molecule is CCOc1ccc(CN(C)[C@@H](C)C(=O)NC(=O)NC(C)C)cc1OC. The van der Waals surface area contributed by atoms with Gasteiger partial charge in [0.05, 0.1) is 19.8 Å². The maximum Gasteiger partial charge on any atom is 0.321 e. The third kappa shape index (κ3) is 6.62. The molecule has 0 aliphatic carbocycles. The first-order valence-corrected chi connectivity index (χ1v) is 8.39. The van der Waals surface area contributed by atoms with Gasteiger partial charge in [0, 0.05) is 12.6 Å². The number of benzene rings is 1. The molecule has 0 saturated carbocycles. The molecule has 7 heteroatoms. The second kappa shape index (κ2) is 9.88. The van der Waals surface area contributed by atoms with Crippen molar-refractivity contribution in [2.24, 2.45) is 0 Å². The average molecular weight is 351 g/mol. The zero-order valence-electron chi connectivity index (χ0n) is 15.9. The number of ether oxygens (including phenoxy) is 2. The maximum absolute atomic E-state index is 12.2. The van der Waals surface area contributed by atoms with Crippen molar-refractivity contribution in [2.75, 3.05) is 20.8 Å². The molecule has 140 valence electrons. The van der Waals surface area contributed by atoms with Gasteiger partial charge in [-0.3, -0.25) is 15.0 Å². The molecule has 0 aromatic heterocycles. The van der Waals surface area contributed by atoms with Gasteiger partial charge in [0.2, 0.25) is 5.91 Å². The first-order chi connectivity index (χ1) is 11.8. The molecule has 0 unspecified atom stereocenters.